The van der Waals surface area contributed by atoms with Crippen LogP contribution in [-0.4, -0.2) is 10.3 Å². The Morgan fingerprint density at radius 1 is 1.67 bits per heavy atom. The maximum Gasteiger partial charge on any atom is 0.141 e. The van der Waals surface area contributed by atoms with Crippen molar-refractivity contribution in [3.63, 3.8) is 0 Å². The van der Waals surface area contributed by atoms with Gasteiger partial charge in [-0.05, 0) is 17.7 Å². The summed E-state index contributed by atoms with van der Waals surface area (Å²) < 4.78 is 0. The smallest absolute Gasteiger partial charge is 0.141 e. The Morgan fingerprint density at radius 2 is 2.50 bits per heavy atom. The van der Waals surface area contributed by atoms with E-state index in [1.807, 2.05) is 24.3 Å². The fourth-order valence-electron chi connectivity index (χ4n) is 0.792. The number of hydrogen-bond acceptors (Lipinski definition) is 2. The molecule has 2 nitrogen and oxygen atoms in total. The minimum Gasteiger partial charge on any atom is -0.246 e. The maximum atomic E-state index is 8.54. The number of alkyl halides is 1. The molecule has 0 bridgehead atoms. The molecule has 0 saturated carbocycles. The molecule has 12 heavy (non-hydrogen) atoms. The van der Waals surface area contributed by atoms with Crippen molar-refractivity contribution >= 4 is 22.0 Å². The summed E-state index contributed by atoms with van der Waals surface area (Å²) >= 11 is 3.27. The molecule has 0 saturated heterocycles. The van der Waals surface area contributed by atoms with Gasteiger partial charge in [0.2, 0.25) is 0 Å². The molecule has 0 amide bonds. The Kier molecular flexibility index (Phi) is 3.49. The van der Waals surface area contributed by atoms with Crippen LogP contribution in [0.1, 0.15) is 11.3 Å². The average molecular weight is 223 g/mol. The Bertz CT molecular complexity index is 326. The Labute approximate surface area is 79.7 Å². The molecule has 1 aromatic heterocycles. The molecular weight excluding hydrogens is 216 g/mol. The molecular formula is C9H7BrN2. The second-order valence-corrected chi connectivity index (χ2v) is 2.79. The summed E-state index contributed by atoms with van der Waals surface area (Å²) in [5.41, 5.74) is 1.45. The molecule has 0 aliphatic rings. The quantitative estimate of drug-likeness (QED) is 0.721. The van der Waals surface area contributed by atoms with Gasteiger partial charge in [0, 0.05) is 11.5 Å². The molecule has 0 unspecified atom stereocenters. The van der Waals surface area contributed by atoms with E-state index in [1.165, 1.54) is 0 Å². The molecule has 1 rings (SSSR count). The second-order valence-electron chi connectivity index (χ2n) is 2.14. The summed E-state index contributed by atoms with van der Waals surface area (Å²) in [6.07, 6.45) is 5.54. The van der Waals surface area contributed by atoms with Crippen LogP contribution in [0.5, 0.6) is 0 Å². The van der Waals surface area contributed by atoms with Crippen LogP contribution < -0.4 is 0 Å². The first-order chi connectivity index (χ1) is 5.86. The fraction of sp³-hybridized carbons (Fsp3) is 0.111. The zero-order valence-electron chi connectivity index (χ0n) is 6.37. The first-order valence-electron chi connectivity index (χ1n) is 3.45. The summed E-state index contributed by atoms with van der Waals surface area (Å²) in [6.45, 7) is 0. The van der Waals surface area contributed by atoms with E-state index in [-0.39, 0.29) is 0 Å². The third kappa shape index (κ3) is 2.48. The van der Waals surface area contributed by atoms with Gasteiger partial charge in [0.05, 0.1) is 0 Å². The second kappa shape index (κ2) is 4.68. The number of rotatable bonds is 2. The third-order valence-electron chi connectivity index (χ3n) is 1.30. The zero-order valence-corrected chi connectivity index (χ0v) is 7.95. The van der Waals surface area contributed by atoms with Gasteiger partial charge in [-0.3, -0.25) is 0 Å². The topological polar surface area (TPSA) is 36.7 Å². The van der Waals surface area contributed by atoms with Gasteiger partial charge >= 0.3 is 0 Å². The van der Waals surface area contributed by atoms with Crippen LogP contribution in [0, 0.1) is 11.3 Å². The summed E-state index contributed by atoms with van der Waals surface area (Å²) in [7, 11) is 0. The van der Waals surface area contributed by atoms with Gasteiger partial charge in [-0.15, -0.1) is 0 Å². The summed E-state index contributed by atoms with van der Waals surface area (Å²) in [5.74, 6) is 0. The van der Waals surface area contributed by atoms with Crippen LogP contribution in [-0.2, 0) is 0 Å². The van der Waals surface area contributed by atoms with Crippen molar-refractivity contribution < 1.29 is 0 Å². The van der Waals surface area contributed by atoms with Gasteiger partial charge < -0.3 is 0 Å². The molecule has 0 atom stereocenters. The van der Waals surface area contributed by atoms with Crippen LogP contribution in [0.15, 0.2) is 24.4 Å². The van der Waals surface area contributed by atoms with E-state index in [9.17, 15) is 0 Å². The molecule has 0 N–H and O–H groups in total. The van der Waals surface area contributed by atoms with Gasteiger partial charge in [0.1, 0.15) is 11.8 Å². The lowest BCUT2D eigenvalue weighted by Crippen LogP contribution is -1.81. The van der Waals surface area contributed by atoms with E-state index in [1.54, 1.807) is 12.3 Å². The lowest BCUT2D eigenvalue weighted by Gasteiger charge is -1.91. The van der Waals surface area contributed by atoms with E-state index < -0.39 is 0 Å². The number of nitrogens with zero attached hydrogens (tertiary/aromatic N) is 2. The number of aromatic nitrogens is 1. The number of pyridine rings is 1. The minimum absolute atomic E-state index is 0.451. The van der Waals surface area contributed by atoms with Crippen molar-refractivity contribution in [1.82, 2.24) is 4.98 Å². The average Bonchev–Trinajstić information content (AvgIpc) is 2.15. The van der Waals surface area contributed by atoms with Crippen LogP contribution in [0.2, 0.25) is 0 Å². The Hall–Kier alpha value is -1.14. The van der Waals surface area contributed by atoms with E-state index >= 15 is 0 Å². The van der Waals surface area contributed by atoms with Crippen molar-refractivity contribution in [3.8, 4) is 6.07 Å². The molecule has 1 heterocycles. The van der Waals surface area contributed by atoms with E-state index in [0.29, 0.717) is 5.69 Å². The zero-order chi connectivity index (χ0) is 8.81. The van der Waals surface area contributed by atoms with Crippen molar-refractivity contribution in [2.45, 2.75) is 0 Å². The standard InChI is InChI=1S/C9H7BrN2/c10-4-1-2-8-3-5-12-9(6-8)7-11/h1-3,5-6H,4H2. The maximum absolute atomic E-state index is 8.54. The van der Waals surface area contributed by atoms with Gasteiger partial charge in [-0.2, -0.15) is 5.26 Å². The number of allylic oxidation sites excluding steroid dienone is 1. The Balaban J connectivity index is 2.88. The first kappa shape index (κ1) is 8.95. The molecule has 0 aromatic carbocycles. The normalized spacial score (nSPS) is 10.0. The lowest BCUT2D eigenvalue weighted by atomic mass is 10.2. The molecule has 0 aliphatic carbocycles. The van der Waals surface area contributed by atoms with Crippen LogP contribution in [0.4, 0.5) is 0 Å². The predicted molar refractivity (Wildman–Crippen MR) is 51.8 cm³/mol. The molecule has 0 aliphatic heterocycles. The number of hydrogen-bond donors (Lipinski definition) is 0. The van der Waals surface area contributed by atoms with Gasteiger partial charge in [0.15, 0.2) is 0 Å². The molecule has 60 valence electrons. The van der Waals surface area contributed by atoms with Crippen LogP contribution in [0.25, 0.3) is 6.08 Å². The van der Waals surface area contributed by atoms with Gasteiger partial charge in [0.25, 0.3) is 0 Å². The molecule has 0 fully saturated rings. The minimum atomic E-state index is 0.451. The SMILES string of the molecule is N#Cc1cc(C=CCBr)ccn1. The third-order valence-corrected chi connectivity index (χ3v) is 1.67. The molecule has 1 aromatic rings. The number of nitriles is 1. The fourth-order valence-corrected chi connectivity index (χ4v) is 0.979. The van der Waals surface area contributed by atoms with Gasteiger partial charge in [-0.1, -0.05) is 28.1 Å². The van der Waals surface area contributed by atoms with Gasteiger partial charge in [-0.25, -0.2) is 4.98 Å². The summed E-state index contributed by atoms with van der Waals surface area (Å²) in [4.78, 5) is 3.86. The number of halogens is 1. The van der Waals surface area contributed by atoms with Crippen LogP contribution >= 0.6 is 15.9 Å². The summed E-state index contributed by atoms with van der Waals surface area (Å²) in [6, 6.07) is 5.60. The first-order valence-corrected chi connectivity index (χ1v) is 4.57. The van der Waals surface area contributed by atoms with E-state index in [2.05, 4.69) is 20.9 Å². The molecule has 0 radical (unpaired) electrons. The highest BCUT2D eigenvalue weighted by Crippen LogP contribution is 2.03. The molecule has 3 heteroatoms. The van der Waals surface area contributed by atoms with E-state index in [0.717, 1.165) is 10.9 Å². The largest absolute Gasteiger partial charge is 0.246 e. The monoisotopic (exact) mass is 222 g/mol. The highest BCUT2D eigenvalue weighted by Gasteiger charge is 1.90. The highest BCUT2D eigenvalue weighted by molar-refractivity contribution is 9.09. The lowest BCUT2D eigenvalue weighted by molar-refractivity contribution is 1.26. The van der Waals surface area contributed by atoms with Crippen molar-refractivity contribution in [3.05, 3.63) is 35.7 Å². The van der Waals surface area contributed by atoms with Crippen molar-refractivity contribution in [2.75, 3.05) is 5.33 Å². The highest BCUT2D eigenvalue weighted by atomic mass is 79.9. The van der Waals surface area contributed by atoms with Crippen molar-refractivity contribution in [1.29, 1.82) is 5.26 Å². The molecule has 0 spiro atoms. The van der Waals surface area contributed by atoms with E-state index in [4.69, 9.17) is 5.26 Å². The predicted octanol–water partition coefficient (Wildman–Crippen LogP) is 2.36. The van der Waals surface area contributed by atoms with Crippen molar-refractivity contribution in [2.24, 2.45) is 0 Å². The summed E-state index contributed by atoms with van der Waals surface area (Å²) in [5, 5.41) is 9.36. The Morgan fingerprint density at radius 3 is 3.17 bits per heavy atom. The van der Waals surface area contributed by atoms with Crippen LogP contribution in [0.3, 0.4) is 0 Å².